The minimum Gasteiger partial charge on any atom is -0.496 e. The largest absolute Gasteiger partial charge is 0.496 e. The van der Waals surface area contributed by atoms with Gasteiger partial charge in [-0.15, -0.1) is 5.01 Å². The summed E-state index contributed by atoms with van der Waals surface area (Å²) in [4.78, 5) is 25.4. The summed E-state index contributed by atoms with van der Waals surface area (Å²) < 4.78 is 5.44. The number of carbonyl (C=O) groups excluding carboxylic acids is 2. The topological polar surface area (TPSA) is 71.0 Å². The maximum atomic E-state index is 13.0. The third-order valence-electron chi connectivity index (χ3n) is 4.97. The summed E-state index contributed by atoms with van der Waals surface area (Å²) >= 11 is 0. The lowest BCUT2D eigenvalue weighted by Crippen LogP contribution is -2.40. The number of urea groups is 1. The first-order valence-electron chi connectivity index (χ1n) is 8.86. The molecule has 0 bridgehead atoms. The van der Waals surface area contributed by atoms with Crippen molar-refractivity contribution in [2.75, 3.05) is 7.11 Å². The fraction of sp³-hybridized carbons (Fsp3) is 0.136. The van der Waals surface area contributed by atoms with Crippen LogP contribution in [0.4, 0.5) is 4.79 Å². The molecule has 0 spiro atoms. The fourth-order valence-corrected chi connectivity index (χ4v) is 3.40. The van der Waals surface area contributed by atoms with Gasteiger partial charge in [-0.3, -0.25) is 4.79 Å². The highest BCUT2D eigenvalue weighted by molar-refractivity contribution is 6.08. The van der Waals surface area contributed by atoms with E-state index in [2.05, 4.69) is 10.4 Å². The van der Waals surface area contributed by atoms with Gasteiger partial charge in [0.25, 0.3) is 5.91 Å². The Bertz CT molecular complexity index is 1090. The minimum absolute atomic E-state index is 0.431. The second kappa shape index (κ2) is 6.81. The number of imide groups is 1. The Morgan fingerprint density at radius 1 is 1.00 bits per heavy atom. The van der Waals surface area contributed by atoms with E-state index in [1.165, 1.54) is 6.21 Å². The van der Waals surface area contributed by atoms with Crippen molar-refractivity contribution in [2.45, 2.75) is 12.5 Å². The number of hydrazone groups is 1. The lowest BCUT2D eigenvalue weighted by Gasteiger charge is -2.21. The predicted molar refractivity (Wildman–Crippen MR) is 107 cm³/mol. The summed E-state index contributed by atoms with van der Waals surface area (Å²) in [5.74, 6) is 0.180. The molecule has 1 aliphatic heterocycles. The van der Waals surface area contributed by atoms with Crippen molar-refractivity contribution >= 4 is 28.9 Å². The number of carbonyl (C=O) groups is 2. The van der Waals surface area contributed by atoms with Crippen LogP contribution in [0.3, 0.4) is 0 Å². The van der Waals surface area contributed by atoms with Crippen molar-refractivity contribution in [1.82, 2.24) is 10.3 Å². The Hall–Kier alpha value is -3.67. The maximum Gasteiger partial charge on any atom is 0.346 e. The van der Waals surface area contributed by atoms with Gasteiger partial charge in [0, 0.05) is 5.56 Å². The van der Waals surface area contributed by atoms with Crippen LogP contribution in [-0.4, -0.2) is 30.3 Å². The normalized spacial score (nSPS) is 19.4. The summed E-state index contributed by atoms with van der Waals surface area (Å²) in [6.45, 7) is 1.68. The summed E-state index contributed by atoms with van der Waals surface area (Å²) in [7, 11) is 1.57. The van der Waals surface area contributed by atoms with Crippen LogP contribution in [0.5, 0.6) is 5.75 Å². The number of nitrogens with zero attached hydrogens (tertiary/aromatic N) is 2. The van der Waals surface area contributed by atoms with Gasteiger partial charge in [-0.25, -0.2) is 4.79 Å². The van der Waals surface area contributed by atoms with Gasteiger partial charge in [-0.1, -0.05) is 60.7 Å². The number of ether oxygens (including phenoxy) is 1. The number of hydrogen-bond acceptors (Lipinski definition) is 4. The molecule has 0 unspecified atom stereocenters. The van der Waals surface area contributed by atoms with E-state index in [-0.39, 0.29) is 0 Å². The molecule has 1 fully saturated rings. The zero-order valence-electron chi connectivity index (χ0n) is 15.5. The highest BCUT2D eigenvalue weighted by Gasteiger charge is 2.49. The van der Waals surface area contributed by atoms with Crippen LogP contribution >= 0.6 is 0 Å². The number of methoxy groups -OCH3 is 1. The molecule has 1 atom stereocenters. The van der Waals surface area contributed by atoms with E-state index in [0.717, 1.165) is 15.8 Å². The molecule has 0 aliphatic carbocycles. The third kappa shape index (κ3) is 2.79. The highest BCUT2D eigenvalue weighted by atomic mass is 16.5. The van der Waals surface area contributed by atoms with Crippen molar-refractivity contribution in [3.05, 3.63) is 77.9 Å². The number of hydrogen-bond donors (Lipinski definition) is 1. The van der Waals surface area contributed by atoms with Crippen molar-refractivity contribution in [2.24, 2.45) is 5.10 Å². The number of rotatable bonds is 4. The number of amides is 3. The van der Waals surface area contributed by atoms with E-state index in [9.17, 15) is 9.59 Å². The zero-order chi connectivity index (χ0) is 19.7. The molecule has 6 heteroatoms. The first-order valence-corrected chi connectivity index (χ1v) is 8.86. The van der Waals surface area contributed by atoms with Crippen molar-refractivity contribution in [1.29, 1.82) is 0 Å². The van der Waals surface area contributed by atoms with Crippen LogP contribution in [0, 0.1) is 0 Å². The van der Waals surface area contributed by atoms with Gasteiger partial charge >= 0.3 is 6.03 Å². The van der Waals surface area contributed by atoms with E-state index >= 15 is 0 Å². The summed E-state index contributed by atoms with van der Waals surface area (Å²) in [6, 6.07) is 20.1. The summed E-state index contributed by atoms with van der Waals surface area (Å²) in [5.41, 5.74) is 0.252. The number of benzene rings is 3. The molecule has 3 aromatic carbocycles. The van der Waals surface area contributed by atoms with Gasteiger partial charge in [0.1, 0.15) is 11.3 Å². The molecule has 6 nitrogen and oxygen atoms in total. The van der Waals surface area contributed by atoms with E-state index in [0.29, 0.717) is 16.9 Å². The van der Waals surface area contributed by atoms with Gasteiger partial charge in [0.05, 0.1) is 13.3 Å². The molecular weight excluding hydrogens is 354 g/mol. The van der Waals surface area contributed by atoms with E-state index in [4.69, 9.17) is 4.74 Å². The van der Waals surface area contributed by atoms with E-state index < -0.39 is 17.5 Å². The quantitative estimate of drug-likeness (QED) is 0.561. The zero-order valence-corrected chi connectivity index (χ0v) is 15.5. The Morgan fingerprint density at radius 2 is 1.71 bits per heavy atom. The second-order valence-corrected chi connectivity index (χ2v) is 6.69. The fourth-order valence-electron chi connectivity index (χ4n) is 3.40. The van der Waals surface area contributed by atoms with Crippen molar-refractivity contribution in [3.8, 4) is 5.75 Å². The molecular formula is C22H19N3O3. The molecule has 1 heterocycles. The lowest BCUT2D eigenvalue weighted by atomic mass is 9.92. The standard InChI is InChI=1S/C22H19N3O3/c1-22(16-9-4-3-5-10-16)20(26)25(21(27)24-22)23-14-18-17-11-7-6-8-15(17)12-13-19(18)28-2/h3-14H,1-2H3,(H,24,27)/t22-/m1/s1. The lowest BCUT2D eigenvalue weighted by molar-refractivity contribution is -0.131. The molecule has 0 radical (unpaired) electrons. The number of fused-ring (bicyclic) bond motifs is 1. The third-order valence-corrected chi connectivity index (χ3v) is 4.97. The van der Waals surface area contributed by atoms with Gasteiger partial charge < -0.3 is 10.1 Å². The molecule has 4 rings (SSSR count). The predicted octanol–water partition coefficient (Wildman–Crippen LogP) is 3.65. The van der Waals surface area contributed by atoms with Crippen LogP contribution in [0.15, 0.2) is 71.8 Å². The minimum atomic E-state index is -1.15. The van der Waals surface area contributed by atoms with Gasteiger partial charge in [0.15, 0.2) is 0 Å². The maximum absolute atomic E-state index is 13.0. The Labute approximate surface area is 162 Å². The van der Waals surface area contributed by atoms with Crippen LogP contribution in [-0.2, 0) is 10.3 Å². The SMILES string of the molecule is COc1ccc2ccccc2c1C=NN1C(=O)N[C@](C)(c2ccccc2)C1=O. The van der Waals surface area contributed by atoms with Gasteiger partial charge in [-0.05, 0) is 29.3 Å². The highest BCUT2D eigenvalue weighted by Crippen LogP contribution is 2.30. The molecule has 1 saturated heterocycles. The molecule has 140 valence electrons. The van der Waals surface area contributed by atoms with E-state index in [1.807, 2.05) is 54.6 Å². The molecule has 28 heavy (non-hydrogen) atoms. The van der Waals surface area contributed by atoms with Crippen molar-refractivity contribution in [3.63, 3.8) is 0 Å². The van der Waals surface area contributed by atoms with Crippen LogP contribution in [0.25, 0.3) is 10.8 Å². The molecule has 0 aromatic heterocycles. The molecule has 3 amide bonds. The van der Waals surface area contributed by atoms with Crippen LogP contribution < -0.4 is 10.1 Å². The van der Waals surface area contributed by atoms with Crippen LogP contribution in [0.1, 0.15) is 18.1 Å². The average Bonchev–Trinajstić information content (AvgIpc) is 2.96. The van der Waals surface area contributed by atoms with Crippen LogP contribution in [0.2, 0.25) is 0 Å². The van der Waals surface area contributed by atoms with Gasteiger partial charge in [0.2, 0.25) is 0 Å². The van der Waals surface area contributed by atoms with E-state index in [1.54, 1.807) is 26.2 Å². The Balaban J connectivity index is 1.72. The molecule has 0 saturated carbocycles. The molecule has 1 N–H and O–H groups in total. The van der Waals surface area contributed by atoms with Gasteiger partial charge in [-0.2, -0.15) is 5.10 Å². The Kier molecular flexibility index (Phi) is 4.31. The monoisotopic (exact) mass is 373 g/mol. The number of nitrogens with one attached hydrogen (secondary N) is 1. The first kappa shape index (κ1) is 17.7. The second-order valence-electron chi connectivity index (χ2n) is 6.69. The summed E-state index contributed by atoms with van der Waals surface area (Å²) in [5, 5.41) is 9.74. The first-order chi connectivity index (χ1) is 13.5. The average molecular weight is 373 g/mol. The molecule has 3 aromatic rings. The van der Waals surface area contributed by atoms with Crippen molar-refractivity contribution < 1.29 is 14.3 Å². The summed E-state index contributed by atoms with van der Waals surface area (Å²) in [6.07, 6.45) is 1.50. The smallest absolute Gasteiger partial charge is 0.346 e. The molecule has 1 aliphatic rings. The Morgan fingerprint density at radius 3 is 2.46 bits per heavy atom.